The summed E-state index contributed by atoms with van der Waals surface area (Å²) >= 11 is 6.46. The Bertz CT molecular complexity index is 425. The van der Waals surface area contributed by atoms with E-state index in [1.54, 1.807) is 5.57 Å². The first-order chi connectivity index (χ1) is 9.37. The molecule has 2 heteroatoms. The van der Waals surface area contributed by atoms with Crippen molar-refractivity contribution in [3.63, 3.8) is 0 Å². The van der Waals surface area contributed by atoms with E-state index in [9.17, 15) is 0 Å². The van der Waals surface area contributed by atoms with Gasteiger partial charge in [-0.25, -0.2) is 4.99 Å². The summed E-state index contributed by atoms with van der Waals surface area (Å²) in [5, 5.41) is 0.721. The molecule has 0 fully saturated rings. The summed E-state index contributed by atoms with van der Waals surface area (Å²) in [5.74, 6) is 0.466. The van der Waals surface area contributed by atoms with Gasteiger partial charge in [0, 0.05) is 5.71 Å². The lowest BCUT2D eigenvalue weighted by Gasteiger charge is -2.31. The van der Waals surface area contributed by atoms with Gasteiger partial charge in [0.15, 0.2) is 0 Å². The molecule has 0 aromatic rings. The number of nitrogens with zero attached hydrogens (tertiary/aromatic N) is 1. The van der Waals surface area contributed by atoms with Gasteiger partial charge in [0.2, 0.25) is 0 Å². The molecule has 1 nitrogen and oxygen atoms in total. The number of aliphatic imine (C=N–C) groups is 1. The SMILES string of the molecule is CC/C1=C(Cl)/N=C(/C)C(C)C/C=C(\C(C)(CC)CC)C1. The summed E-state index contributed by atoms with van der Waals surface area (Å²) in [4.78, 5) is 4.63. The van der Waals surface area contributed by atoms with Crippen molar-refractivity contribution in [1.29, 1.82) is 0 Å². The summed E-state index contributed by atoms with van der Waals surface area (Å²) in [6, 6.07) is 0. The molecule has 20 heavy (non-hydrogen) atoms. The molecule has 0 saturated carbocycles. The number of halogens is 1. The molecule has 0 saturated heterocycles. The zero-order chi connectivity index (χ0) is 15.3. The maximum absolute atomic E-state index is 6.46. The molecular formula is C18H30ClN. The van der Waals surface area contributed by atoms with Gasteiger partial charge in [-0.2, -0.15) is 0 Å². The van der Waals surface area contributed by atoms with Gasteiger partial charge in [0.05, 0.1) is 0 Å². The monoisotopic (exact) mass is 295 g/mol. The predicted octanol–water partition coefficient (Wildman–Crippen LogP) is 6.49. The van der Waals surface area contributed by atoms with Crippen LogP contribution in [-0.2, 0) is 0 Å². The highest BCUT2D eigenvalue weighted by atomic mass is 35.5. The van der Waals surface area contributed by atoms with Crippen LogP contribution < -0.4 is 0 Å². The number of hydrogen-bond donors (Lipinski definition) is 0. The van der Waals surface area contributed by atoms with Crippen molar-refractivity contribution >= 4 is 17.3 Å². The lowest BCUT2D eigenvalue weighted by atomic mass is 9.74. The Kier molecular flexibility index (Phi) is 6.51. The molecule has 1 heterocycles. The van der Waals surface area contributed by atoms with Gasteiger partial charge in [-0.15, -0.1) is 0 Å². The molecule has 1 aliphatic heterocycles. The van der Waals surface area contributed by atoms with E-state index in [1.807, 2.05) is 0 Å². The minimum atomic E-state index is 0.287. The molecule has 0 bridgehead atoms. The Morgan fingerprint density at radius 3 is 2.40 bits per heavy atom. The van der Waals surface area contributed by atoms with Gasteiger partial charge in [-0.05, 0) is 55.9 Å². The minimum Gasteiger partial charge on any atom is -0.246 e. The molecule has 1 unspecified atom stereocenters. The first kappa shape index (κ1) is 17.5. The van der Waals surface area contributed by atoms with Crippen LogP contribution in [0.5, 0.6) is 0 Å². The summed E-state index contributed by atoms with van der Waals surface area (Å²) in [6.45, 7) is 13.5. The summed E-state index contributed by atoms with van der Waals surface area (Å²) in [7, 11) is 0. The highest BCUT2D eigenvalue weighted by Gasteiger charge is 2.26. The van der Waals surface area contributed by atoms with Crippen molar-refractivity contribution in [2.24, 2.45) is 16.3 Å². The van der Waals surface area contributed by atoms with Gasteiger partial charge in [0.1, 0.15) is 5.16 Å². The third-order valence-corrected chi connectivity index (χ3v) is 5.52. The second-order valence-corrected chi connectivity index (χ2v) is 6.67. The molecule has 0 aromatic heterocycles. The van der Waals surface area contributed by atoms with E-state index in [4.69, 9.17) is 11.6 Å². The topological polar surface area (TPSA) is 12.4 Å². The van der Waals surface area contributed by atoms with E-state index in [0.29, 0.717) is 5.92 Å². The van der Waals surface area contributed by atoms with Crippen molar-refractivity contribution in [1.82, 2.24) is 0 Å². The van der Waals surface area contributed by atoms with Crippen LogP contribution in [0, 0.1) is 11.3 Å². The first-order valence-electron chi connectivity index (χ1n) is 8.00. The predicted molar refractivity (Wildman–Crippen MR) is 91.4 cm³/mol. The van der Waals surface area contributed by atoms with Crippen LogP contribution in [0.4, 0.5) is 0 Å². The number of rotatable bonds is 4. The maximum atomic E-state index is 6.46. The van der Waals surface area contributed by atoms with Gasteiger partial charge < -0.3 is 0 Å². The van der Waals surface area contributed by atoms with Gasteiger partial charge in [-0.1, -0.05) is 57.9 Å². The average Bonchev–Trinajstić information content (AvgIpc) is 2.49. The molecule has 0 amide bonds. The van der Waals surface area contributed by atoms with Crippen LogP contribution >= 0.6 is 11.6 Å². The maximum Gasteiger partial charge on any atom is 0.128 e. The van der Waals surface area contributed by atoms with Crippen LogP contribution in [0.25, 0.3) is 0 Å². The summed E-state index contributed by atoms with van der Waals surface area (Å²) in [6.07, 6.45) is 7.85. The van der Waals surface area contributed by atoms with Gasteiger partial charge >= 0.3 is 0 Å². The van der Waals surface area contributed by atoms with Crippen LogP contribution in [-0.4, -0.2) is 5.71 Å². The van der Waals surface area contributed by atoms with E-state index >= 15 is 0 Å². The van der Waals surface area contributed by atoms with E-state index in [0.717, 1.165) is 30.1 Å². The standard InChI is InChI=1S/C18H30ClN/c1-7-15-12-16(18(6,8-2)9-3)11-10-13(4)14(5)20-17(15)19/h11,13H,7-10,12H2,1-6H3/b16-11-,17-15-,20-14-. The smallest absolute Gasteiger partial charge is 0.128 e. The van der Waals surface area contributed by atoms with Crippen molar-refractivity contribution < 1.29 is 0 Å². The number of allylic oxidation sites excluding steroid dienone is 3. The quantitative estimate of drug-likeness (QED) is 0.415. The van der Waals surface area contributed by atoms with Gasteiger partial charge in [0.25, 0.3) is 0 Å². The third-order valence-electron chi connectivity index (χ3n) is 5.16. The third kappa shape index (κ3) is 3.97. The largest absolute Gasteiger partial charge is 0.246 e. The second-order valence-electron chi connectivity index (χ2n) is 6.31. The lowest BCUT2D eigenvalue weighted by molar-refractivity contribution is 0.357. The first-order valence-corrected chi connectivity index (χ1v) is 8.37. The fourth-order valence-electron chi connectivity index (χ4n) is 2.64. The van der Waals surface area contributed by atoms with E-state index < -0.39 is 0 Å². The highest BCUT2D eigenvalue weighted by molar-refractivity contribution is 6.30. The highest BCUT2D eigenvalue weighted by Crippen LogP contribution is 2.40. The zero-order valence-electron chi connectivity index (χ0n) is 14.0. The minimum absolute atomic E-state index is 0.287. The molecule has 1 atom stereocenters. The van der Waals surface area contributed by atoms with E-state index in [-0.39, 0.29) is 5.41 Å². The van der Waals surface area contributed by atoms with Crippen LogP contribution in [0.2, 0.25) is 0 Å². The molecular weight excluding hydrogens is 266 g/mol. The normalized spacial score (nSPS) is 30.6. The molecule has 0 aromatic carbocycles. The van der Waals surface area contributed by atoms with Crippen LogP contribution in [0.1, 0.15) is 73.6 Å². The average molecular weight is 296 g/mol. The second kappa shape index (κ2) is 7.45. The van der Waals surface area contributed by atoms with E-state index in [1.165, 1.54) is 18.4 Å². The van der Waals surface area contributed by atoms with Crippen molar-refractivity contribution in [3.05, 3.63) is 22.4 Å². The molecule has 0 aliphatic carbocycles. The Hall–Kier alpha value is -0.560. The fraction of sp³-hybridized carbons (Fsp3) is 0.722. The zero-order valence-corrected chi connectivity index (χ0v) is 14.8. The Morgan fingerprint density at radius 1 is 1.30 bits per heavy atom. The van der Waals surface area contributed by atoms with Gasteiger partial charge in [-0.3, -0.25) is 0 Å². The van der Waals surface area contributed by atoms with Crippen molar-refractivity contribution in [3.8, 4) is 0 Å². The number of hydrogen-bond acceptors (Lipinski definition) is 1. The fourth-order valence-corrected chi connectivity index (χ4v) is 2.98. The summed E-state index contributed by atoms with van der Waals surface area (Å²) < 4.78 is 0. The van der Waals surface area contributed by atoms with Crippen molar-refractivity contribution in [2.75, 3.05) is 0 Å². The Labute approximate surface area is 130 Å². The van der Waals surface area contributed by atoms with E-state index in [2.05, 4.69) is 52.6 Å². The molecule has 1 aliphatic rings. The van der Waals surface area contributed by atoms with Crippen LogP contribution in [0.3, 0.4) is 0 Å². The summed E-state index contributed by atoms with van der Waals surface area (Å²) in [5.41, 5.74) is 4.26. The Balaban J connectivity index is 3.26. The van der Waals surface area contributed by atoms with Crippen molar-refractivity contribution in [2.45, 2.75) is 73.6 Å². The lowest BCUT2D eigenvalue weighted by Crippen LogP contribution is -2.18. The molecule has 0 N–H and O–H groups in total. The molecule has 0 radical (unpaired) electrons. The molecule has 114 valence electrons. The molecule has 0 spiro atoms. The molecule has 1 rings (SSSR count). The Morgan fingerprint density at radius 2 is 1.90 bits per heavy atom. The van der Waals surface area contributed by atoms with Crippen LogP contribution in [0.15, 0.2) is 27.4 Å².